The van der Waals surface area contributed by atoms with Gasteiger partial charge in [0.05, 0.1) is 5.75 Å². The van der Waals surface area contributed by atoms with Crippen LogP contribution in [0.4, 0.5) is 8.68 Å². The second-order valence-electron chi connectivity index (χ2n) is 5.65. The second kappa shape index (κ2) is 5.42. The zero-order valence-electron chi connectivity index (χ0n) is 10.9. The quantitative estimate of drug-likeness (QED) is 0.803. The van der Waals surface area contributed by atoms with Crippen LogP contribution in [0.25, 0.3) is 0 Å². The lowest BCUT2D eigenvalue weighted by Gasteiger charge is -2.24. The summed E-state index contributed by atoms with van der Waals surface area (Å²) < 4.78 is 39.0. The van der Waals surface area contributed by atoms with E-state index in [0.717, 1.165) is 6.42 Å². The number of nitrogens with one attached hydrogen (secondary N) is 1. The molecule has 0 aromatic heterocycles. The normalized spacial score (nSPS) is 24.9. The molecular formula is C11H20FNO4S. The van der Waals surface area contributed by atoms with Gasteiger partial charge < -0.3 is 10.1 Å². The molecule has 1 amide bonds. The van der Waals surface area contributed by atoms with E-state index in [0.29, 0.717) is 12.8 Å². The number of rotatable bonds is 3. The fourth-order valence-electron chi connectivity index (χ4n) is 2.14. The summed E-state index contributed by atoms with van der Waals surface area (Å²) in [4.78, 5) is 11.5. The summed E-state index contributed by atoms with van der Waals surface area (Å²) in [7, 11) is -4.50. The monoisotopic (exact) mass is 281 g/mol. The molecule has 0 heterocycles. The van der Waals surface area contributed by atoms with Gasteiger partial charge in [-0.1, -0.05) is 6.42 Å². The number of alkyl carbamates (subject to hydrolysis) is 1. The number of halogens is 1. The predicted octanol–water partition coefficient (Wildman–Crippen LogP) is 1.98. The molecule has 0 aromatic rings. The van der Waals surface area contributed by atoms with Gasteiger partial charge in [-0.15, -0.1) is 3.89 Å². The summed E-state index contributed by atoms with van der Waals surface area (Å²) >= 11 is 0. The predicted molar refractivity (Wildman–Crippen MR) is 65.4 cm³/mol. The lowest BCUT2D eigenvalue weighted by Crippen LogP contribution is -2.42. The highest BCUT2D eigenvalue weighted by Gasteiger charge is 2.33. The summed E-state index contributed by atoms with van der Waals surface area (Å²) in [6, 6.07) is -0.328. The third-order valence-corrected chi connectivity index (χ3v) is 3.60. The molecule has 2 atom stereocenters. The van der Waals surface area contributed by atoms with E-state index in [4.69, 9.17) is 4.74 Å². The first-order valence-corrected chi connectivity index (χ1v) is 7.54. The van der Waals surface area contributed by atoms with Crippen molar-refractivity contribution in [2.75, 3.05) is 5.75 Å². The van der Waals surface area contributed by atoms with Gasteiger partial charge >= 0.3 is 16.3 Å². The Kier molecular flexibility index (Phi) is 4.58. The van der Waals surface area contributed by atoms with E-state index >= 15 is 0 Å². The summed E-state index contributed by atoms with van der Waals surface area (Å²) in [5.41, 5.74) is -0.607. The van der Waals surface area contributed by atoms with Crippen molar-refractivity contribution in [1.29, 1.82) is 0 Å². The van der Waals surface area contributed by atoms with Gasteiger partial charge in [0.1, 0.15) is 5.60 Å². The molecule has 1 N–H and O–H groups in total. The van der Waals surface area contributed by atoms with Crippen LogP contribution in [0.5, 0.6) is 0 Å². The molecule has 7 heteroatoms. The molecule has 0 aromatic carbocycles. The van der Waals surface area contributed by atoms with Gasteiger partial charge in [0.2, 0.25) is 0 Å². The minimum atomic E-state index is -4.50. The minimum Gasteiger partial charge on any atom is -0.444 e. The maximum atomic E-state index is 12.7. The van der Waals surface area contributed by atoms with Crippen molar-refractivity contribution in [2.45, 2.75) is 51.7 Å². The van der Waals surface area contributed by atoms with E-state index in [1.54, 1.807) is 20.8 Å². The van der Waals surface area contributed by atoms with Gasteiger partial charge in [0.25, 0.3) is 0 Å². The van der Waals surface area contributed by atoms with Crippen LogP contribution >= 0.6 is 0 Å². The van der Waals surface area contributed by atoms with E-state index in [9.17, 15) is 17.1 Å². The third kappa shape index (κ3) is 5.66. The Hall–Kier alpha value is -0.850. The molecule has 0 spiro atoms. The molecule has 0 bridgehead atoms. The van der Waals surface area contributed by atoms with Crippen LogP contribution in [-0.2, 0) is 15.0 Å². The molecule has 1 rings (SSSR count). The third-order valence-electron chi connectivity index (χ3n) is 2.77. The molecular weight excluding hydrogens is 261 g/mol. The highest BCUT2D eigenvalue weighted by Crippen LogP contribution is 2.27. The van der Waals surface area contributed by atoms with Crippen LogP contribution in [0.15, 0.2) is 0 Å². The molecule has 1 aliphatic carbocycles. The van der Waals surface area contributed by atoms with Crippen LogP contribution < -0.4 is 5.32 Å². The summed E-state index contributed by atoms with van der Waals surface area (Å²) in [6.07, 6.45) is 1.44. The first-order chi connectivity index (χ1) is 8.07. The average Bonchev–Trinajstić information content (AvgIpc) is 2.45. The van der Waals surface area contributed by atoms with Crippen LogP contribution in [-0.4, -0.2) is 31.9 Å². The Bertz CT molecular complexity index is 402. The minimum absolute atomic E-state index is 0.328. The Balaban J connectivity index is 2.53. The van der Waals surface area contributed by atoms with Crippen molar-refractivity contribution in [3.05, 3.63) is 0 Å². The van der Waals surface area contributed by atoms with Crippen molar-refractivity contribution in [2.24, 2.45) is 5.92 Å². The topological polar surface area (TPSA) is 72.5 Å². The Morgan fingerprint density at radius 3 is 2.50 bits per heavy atom. The van der Waals surface area contributed by atoms with E-state index in [2.05, 4.69) is 5.32 Å². The number of carbonyl (C=O) groups excluding carboxylic acids is 1. The zero-order chi connectivity index (χ0) is 14.0. The smallest absolute Gasteiger partial charge is 0.407 e. The van der Waals surface area contributed by atoms with Crippen LogP contribution in [0.1, 0.15) is 40.0 Å². The van der Waals surface area contributed by atoms with Crippen molar-refractivity contribution in [1.82, 2.24) is 5.32 Å². The van der Waals surface area contributed by atoms with Gasteiger partial charge in [-0.3, -0.25) is 0 Å². The number of carbonyl (C=O) groups is 1. The van der Waals surface area contributed by atoms with Gasteiger partial charge in [0.15, 0.2) is 0 Å². The number of ether oxygens (including phenoxy) is 1. The summed E-state index contributed by atoms with van der Waals surface area (Å²) in [5, 5.41) is 2.62. The fraction of sp³-hybridized carbons (Fsp3) is 0.909. The Morgan fingerprint density at radius 2 is 2.00 bits per heavy atom. The highest BCUT2D eigenvalue weighted by atomic mass is 32.3. The van der Waals surface area contributed by atoms with Crippen LogP contribution in [0.3, 0.4) is 0 Å². The SMILES string of the molecule is CC(C)(C)OC(=O)NC1CCCC1CS(=O)(=O)F. The molecule has 18 heavy (non-hydrogen) atoms. The largest absolute Gasteiger partial charge is 0.444 e. The molecule has 0 saturated heterocycles. The molecule has 5 nitrogen and oxygen atoms in total. The maximum absolute atomic E-state index is 12.7. The lowest BCUT2D eigenvalue weighted by atomic mass is 10.1. The van der Waals surface area contributed by atoms with Crippen molar-refractivity contribution in [3.63, 3.8) is 0 Å². The van der Waals surface area contributed by atoms with Crippen molar-refractivity contribution < 1.29 is 21.8 Å². The van der Waals surface area contributed by atoms with Gasteiger partial charge in [0, 0.05) is 6.04 Å². The number of hydrogen-bond donors (Lipinski definition) is 1. The standard InChI is InChI=1S/C11H20FNO4S/c1-11(2,3)17-10(14)13-9-6-4-5-8(9)7-18(12,15)16/h8-9H,4-7H2,1-3H3,(H,13,14). The number of hydrogen-bond acceptors (Lipinski definition) is 4. The second-order valence-corrected chi connectivity index (χ2v) is 7.06. The fourth-order valence-corrected chi connectivity index (χ4v) is 3.05. The maximum Gasteiger partial charge on any atom is 0.407 e. The summed E-state index contributed by atoms with van der Waals surface area (Å²) in [6.45, 7) is 5.22. The molecule has 0 aliphatic heterocycles. The zero-order valence-corrected chi connectivity index (χ0v) is 11.7. The molecule has 1 fully saturated rings. The molecule has 1 saturated carbocycles. The van der Waals surface area contributed by atoms with Gasteiger partial charge in [-0.25, -0.2) is 4.79 Å². The molecule has 2 unspecified atom stereocenters. The highest BCUT2D eigenvalue weighted by molar-refractivity contribution is 7.86. The average molecular weight is 281 g/mol. The van der Waals surface area contributed by atoms with Crippen molar-refractivity contribution >= 4 is 16.3 Å². The first-order valence-electron chi connectivity index (χ1n) is 5.99. The van der Waals surface area contributed by atoms with E-state index in [1.807, 2.05) is 0 Å². The van der Waals surface area contributed by atoms with Crippen molar-refractivity contribution in [3.8, 4) is 0 Å². The molecule has 1 aliphatic rings. The number of amides is 1. The first kappa shape index (κ1) is 15.2. The van der Waals surface area contributed by atoms with Crippen LogP contribution in [0, 0.1) is 5.92 Å². The Labute approximate surface area is 107 Å². The molecule has 106 valence electrons. The van der Waals surface area contributed by atoms with Crippen LogP contribution in [0.2, 0.25) is 0 Å². The Morgan fingerprint density at radius 1 is 1.39 bits per heavy atom. The van der Waals surface area contributed by atoms with Gasteiger partial charge in [-0.2, -0.15) is 8.42 Å². The summed E-state index contributed by atoms with van der Waals surface area (Å²) in [5.74, 6) is -0.902. The van der Waals surface area contributed by atoms with E-state index in [-0.39, 0.29) is 12.0 Å². The lowest BCUT2D eigenvalue weighted by molar-refractivity contribution is 0.0495. The van der Waals surface area contributed by atoms with E-state index in [1.165, 1.54) is 0 Å². The van der Waals surface area contributed by atoms with Gasteiger partial charge in [-0.05, 0) is 39.5 Å². The van der Waals surface area contributed by atoms with E-state index < -0.39 is 27.7 Å². The molecule has 0 radical (unpaired) electrons.